The zero-order valence-electron chi connectivity index (χ0n) is 10.3. The number of halogens is 1. The van der Waals surface area contributed by atoms with Crippen molar-refractivity contribution < 1.29 is 14.2 Å². The Morgan fingerprint density at radius 2 is 2.22 bits per heavy atom. The van der Waals surface area contributed by atoms with Gasteiger partial charge in [-0.25, -0.2) is 4.39 Å². The molecule has 0 radical (unpaired) electrons. The largest absolute Gasteiger partial charge is 0.384 e. The molecule has 1 aliphatic heterocycles. The van der Waals surface area contributed by atoms with Crippen molar-refractivity contribution in [2.24, 2.45) is 11.1 Å². The second kappa shape index (κ2) is 4.02. The molecule has 2 unspecified atom stereocenters. The van der Waals surface area contributed by atoms with E-state index < -0.39 is 11.0 Å². The van der Waals surface area contributed by atoms with Crippen molar-refractivity contribution in [1.82, 2.24) is 0 Å². The SMILES string of the molecule is NCC1(C2(O)CCc3cc(F)ccc32)CCOC1. The van der Waals surface area contributed by atoms with Crippen molar-refractivity contribution in [2.75, 3.05) is 19.8 Å². The van der Waals surface area contributed by atoms with Crippen LogP contribution in [0.25, 0.3) is 0 Å². The molecule has 0 saturated carbocycles. The van der Waals surface area contributed by atoms with Crippen molar-refractivity contribution >= 4 is 0 Å². The van der Waals surface area contributed by atoms with Crippen LogP contribution in [0.5, 0.6) is 0 Å². The van der Waals surface area contributed by atoms with Gasteiger partial charge in [-0.3, -0.25) is 0 Å². The normalized spacial score (nSPS) is 34.8. The third kappa shape index (κ3) is 1.46. The highest BCUT2D eigenvalue weighted by Gasteiger charge is 2.55. The van der Waals surface area contributed by atoms with Crippen molar-refractivity contribution in [1.29, 1.82) is 0 Å². The fourth-order valence-corrected chi connectivity index (χ4v) is 3.44. The molecule has 0 amide bonds. The average molecular weight is 251 g/mol. The Kier molecular flexibility index (Phi) is 2.70. The molecule has 2 atom stereocenters. The van der Waals surface area contributed by atoms with Gasteiger partial charge < -0.3 is 15.6 Å². The summed E-state index contributed by atoms with van der Waals surface area (Å²) in [5.41, 5.74) is 6.25. The average Bonchev–Trinajstić information content (AvgIpc) is 2.96. The maximum absolute atomic E-state index is 13.2. The molecule has 0 aromatic heterocycles. The molecule has 1 aliphatic carbocycles. The van der Waals surface area contributed by atoms with Crippen LogP contribution in [0.4, 0.5) is 4.39 Å². The maximum atomic E-state index is 13.2. The van der Waals surface area contributed by atoms with E-state index in [2.05, 4.69) is 0 Å². The summed E-state index contributed by atoms with van der Waals surface area (Å²) in [6.07, 6.45) is 2.06. The van der Waals surface area contributed by atoms with E-state index in [0.717, 1.165) is 17.5 Å². The number of hydrogen-bond donors (Lipinski definition) is 2. The molecule has 1 saturated heterocycles. The van der Waals surface area contributed by atoms with Crippen LogP contribution < -0.4 is 5.73 Å². The Bertz CT molecular complexity index is 471. The quantitative estimate of drug-likeness (QED) is 0.833. The van der Waals surface area contributed by atoms with Gasteiger partial charge in [-0.05, 0) is 42.5 Å². The van der Waals surface area contributed by atoms with Gasteiger partial charge in [0.2, 0.25) is 0 Å². The van der Waals surface area contributed by atoms with Gasteiger partial charge in [0.05, 0.1) is 12.2 Å². The van der Waals surface area contributed by atoms with E-state index in [0.29, 0.717) is 32.6 Å². The Hall–Kier alpha value is -0.970. The number of nitrogens with two attached hydrogens (primary N) is 1. The topological polar surface area (TPSA) is 55.5 Å². The second-order valence-electron chi connectivity index (χ2n) is 5.45. The zero-order chi connectivity index (χ0) is 12.8. The minimum Gasteiger partial charge on any atom is -0.384 e. The van der Waals surface area contributed by atoms with E-state index >= 15 is 0 Å². The summed E-state index contributed by atoms with van der Waals surface area (Å²) in [4.78, 5) is 0. The number of aryl methyl sites for hydroxylation is 1. The Morgan fingerprint density at radius 3 is 2.89 bits per heavy atom. The van der Waals surface area contributed by atoms with Crippen LogP contribution in [-0.2, 0) is 16.8 Å². The molecule has 0 spiro atoms. The van der Waals surface area contributed by atoms with Gasteiger partial charge in [0.1, 0.15) is 5.82 Å². The third-order valence-electron chi connectivity index (χ3n) is 4.64. The standard InChI is InChI=1S/C14H18FNO2/c15-11-1-2-12-10(7-11)3-4-14(12,17)13(8-16)5-6-18-9-13/h1-2,7,17H,3-6,8-9,16H2. The van der Waals surface area contributed by atoms with E-state index in [1.54, 1.807) is 6.07 Å². The van der Waals surface area contributed by atoms with Gasteiger partial charge >= 0.3 is 0 Å². The molecule has 3 rings (SSSR count). The predicted octanol–water partition coefficient (Wildman–Crippen LogP) is 1.32. The van der Waals surface area contributed by atoms with E-state index in [9.17, 15) is 9.50 Å². The molecule has 4 heteroatoms. The number of hydrogen-bond acceptors (Lipinski definition) is 3. The zero-order valence-corrected chi connectivity index (χ0v) is 10.3. The van der Waals surface area contributed by atoms with Gasteiger partial charge in [-0.1, -0.05) is 6.07 Å². The summed E-state index contributed by atoms with van der Waals surface area (Å²) in [5.74, 6) is -0.248. The lowest BCUT2D eigenvalue weighted by Crippen LogP contribution is -2.49. The van der Waals surface area contributed by atoms with Crippen LogP contribution in [-0.4, -0.2) is 24.9 Å². The van der Waals surface area contributed by atoms with Crippen LogP contribution in [0.15, 0.2) is 18.2 Å². The molecule has 1 fully saturated rings. The van der Waals surface area contributed by atoms with E-state index in [-0.39, 0.29) is 5.82 Å². The summed E-state index contributed by atoms with van der Waals surface area (Å²) in [6.45, 7) is 1.51. The molecule has 98 valence electrons. The first-order valence-corrected chi connectivity index (χ1v) is 6.40. The first-order valence-electron chi connectivity index (χ1n) is 6.40. The van der Waals surface area contributed by atoms with Crippen molar-refractivity contribution in [3.63, 3.8) is 0 Å². The molecule has 1 aromatic rings. The maximum Gasteiger partial charge on any atom is 0.123 e. The van der Waals surface area contributed by atoms with Crippen molar-refractivity contribution in [3.05, 3.63) is 35.1 Å². The number of fused-ring (bicyclic) bond motifs is 1. The highest BCUT2D eigenvalue weighted by atomic mass is 19.1. The molecule has 1 aromatic carbocycles. The molecule has 1 heterocycles. The van der Waals surface area contributed by atoms with Gasteiger partial charge in [0.15, 0.2) is 0 Å². The fraction of sp³-hybridized carbons (Fsp3) is 0.571. The van der Waals surface area contributed by atoms with Crippen molar-refractivity contribution in [2.45, 2.75) is 24.9 Å². The fourth-order valence-electron chi connectivity index (χ4n) is 3.44. The first kappa shape index (κ1) is 12.1. The van der Waals surface area contributed by atoms with Crippen LogP contribution in [0.2, 0.25) is 0 Å². The minimum atomic E-state index is -0.971. The number of benzene rings is 1. The Balaban J connectivity index is 2.08. The van der Waals surface area contributed by atoms with Gasteiger partial charge in [-0.15, -0.1) is 0 Å². The van der Waals surface area contributed by atoms with Crippen LogP contribution in [0.1, 0.15) is 24.0 Å². The molecular formula is C14H18FNO2. The molecule has 0 bridgehead atoms. The van der Waals surface area contributed by atoms with Gasteiger partial charge in [-0.2, -0.15) is 0 Å². The highest BCUT2D eigenvalue weighted by molar-refractivity contribution is 5.40. The smallest absolute Gasteiger partial charge is 0.123 e. The first-order chi connectivity index (χ1) is 8.61. The molecule has 3 nitrogen and oxygen atoms in total. The molecule has 18 heavy (non-hydrogen) atoms. The number of ether oxygens (including phenoxy) is 1. The predicted molar refractivity (Wildman–Crippen MR) is 65.5 cm³/mol. The Morgan fingerprint density at radius 1 is 1.39 bits per heavy atom. The molecular weight excluding hydrogens is 233 g/mol. The van der Waals surface area contributed by atoms with E-state index in [1.807, 2.05) is 0 Å². The Labute approximate surface area is 106 Å². The molecule has 3 N–H and O–H groups in total. The third-order valence-corrected chi connectivity index (χ3v) is 4.64. The summed E-state index contributed by atoms with van der Waals surface area (Å²) < 4.78 is 18.7. The lowest BCUT2D eigenvalue weighted by atomic mass is 9.68. The van der Waals surface area contributed by atoms with Gasteiger partial charge in [0.25, 0.3) is 0 Å². The summed E-state index contributed by atoms with van der Waals surface area (Å²) in [5, 5.41) is 11.1. The summed E-state index contributed by atoms with van der Waals surface area (Å²) in [6, 6.07) is 4.63. The van der Waals surface area contributed by atoms with E-state index in [4.69, 9.17) is 10.5 Å². The second-order valence-corrected chi connectivity index (χ2v) is 5.45. The van der Waals surface area contributed by atoms with Crippen LogP contribution >= 0.6 is 0 Å². The monoisotopic (exact) mass is 251 g/mol. The number of aliphatic hydroxyl groups is 1. The van der Waals surface area contributed by atoms with Crippen LogP contribution in [0, 0.1) is 11.2 Å². The minimum absolute atomic E-state index is 0.248. The van der Waals surface area contributed by atoms with Gasteiger partial charge in [0, 0.05) is 18.6 Å². The summed E-state index contributed by atoms with van der Waals surface area (Å²) >= 11 is 0. The molecule has 2 aliphatic rings. The van der Waals surface area contributed by atoms with E-state index in [1.165, 1.54) is 12.1 Å². The van der Waals surface area contributed by atoms with Crippen LogP contribution in [0.3, 0.4) is 0 Å². The summed E-state index contributed by atoms with van der Waals surface area (Å²) in [7, 11) is 0. The lowest BCUT2D eigenvalue weighted by molar-refractivity contribution is -0.0881. The lowest BCUT2D eigenvalue weighted by Gasteiger charge is -2.41. The van der Waals surface area contributed by atoms with Crippen molar-refractivity contribution in [3.8, 4) is 0 Å². The highest BCUT2D eigenvalue weighted by Crippen LogP contribution is 2.52. The number of rotatable bonds is 2.